The third kappa shape index (κ3) is 7.62. The average Bonchev–Trinajstić information content (AvgIpc) is 2.16. The minimum atomic E-state index is -0.894. The van der Waals surface area contributed by atoms with Crippen molar-refractivity contribution >= 4 is 29.5 Å². The second-order valence-electron chi connectivity index (χ2n) is 4.25. The van der Waals surface area contributed by atoms with Crippen molar-refractivity contribution in [2.24, 2.45) is 11.1 Å². The van der Waals surface area contributed by atoms with Gasteiger partial charge in [-0.05, 0) is 20.3 Å². The molecule has 0 saturated heterocycles. The number of aliphatic carboxylic acids is 1. The number of amides is 2. The van der Waals surface area contributed by atoms with Crippen molar-refractivity contribution in [2.75, 3.05) is 18.1 Å². The number of carboxylic acids is 1. The van der Waals surface area contributed by atoms with Gasteiger partial charge in [0.25, 0.3) is 0 Å². The number of carbonyl (C=O) groups excluding carboxylic acids is 2. The Morgan fingerprint density at radius 1 is 1.29 bits per heavy atom. The van der Waals surface area contributed by atoms with Gasteiger partial charge in [-0.3, -0.25) is 14.4 Å². The van der Waals surface area contributed by atoms with Crippen LogP contribution in [0.5, 0.6) is 0 Å². The molecule has 0 unspecified atom stereocenters. The van der Waals surface area contributed by atoms with Gasteiger partial charge in [0.05, 0.1) is 16.9 Å². The first kappa shape index (κ1) is 15.8. The van der Waals surface area contributed by atoms with Gasteiger partial charge >= 0.3 is 5.97 Å². The second kappa shape index (κ2) is 7.16. The van der Waals surface area contributed by atoms with E-state index in [-0.39, 0.29) is 17.4 Å². The monoisotopic (exact) mass is 262 g/mol. The third-order valence-corrected chi connectivity index (χ3v) is 3.08. The molecule has 0 radical (unpaired) electrons. The Kier molecular flexibility index (Phi) is 6.64. The molecule has 7 heteroatoms. The van der Waals surface area contributed by atoms with Gasteiger partial charge < -0.3 is 16.2 Å². The summed E-state index contributed by atoms with van der Waals surface area (Å²) in [4.78, 5) is 32.4. The molecule has 0 aromatic heterocycles. The molecule has 0 aliphatic heterocycles. The molecule has 0 spiro atoms. The maximum absolute atomic E-state index is 11.2. The van der Waals surface area contributed by atoms with E-state index in [1.54, 1.807) is 13.8 Å². The fourth-order valence-corrected chi connectivity index (χ4v) is 1.51. The molecule has 0 atom stereocenters. The molecule has 0 bridgehead atoms. The number of nitrogens with two attached hydrogens (primary N) is 1. The molecule has 0 aliphatic rings. The number of rotatable bonds is 8. The zero-order valence-corrected chi connectivity index (χ0v) is 10.8. The quantitative estimate of drug-likeness (QED) is 0.562. The summed E-state index contributed by atoms with van der Waals surface area (Å²) >= 11 is 1.13. The van der Waals surface area contributed by atoms with Crippen molar-refractivity contribution in [1.29, 1.82) is 0 Å². The molecule has 0 heterocycles. The summed E-state index contributed by atoms with van der Waals surface area (Å²) in [5.41, 5.74) is 4.06. The van der Waals surface area contributed by atoms with Crippen LogP contribution in [0.1, 0.15) is 20.3 Å². The predicted molar refractivity (Wildman–Crippen MR) is 65.6 cm³/mol. The topological polar surface area (TPSA) is 109 Å². The van der Waals surface area contributed by atoms with E-state index in [1.165, 1.54) is 0 Å². The molecule has 0 saturated carbocycles. The highest BCUT2D eigenvalue weighted by Crippen LogP contribution is 2.19. The lowest BCUT2D eigenvalue weighted by molar-refractivity contribution is -0.147. The molecule has 98 valence electrons. The Morgan fingerprint density at radius 2 is 1.88 bits per heavy atom. The summed E-state index contributed by atoms with van der Waals surface area (Å²) in [6.45, 7) is 3.50. The normalized spacial score (nSPS) is 10.9. The van der Waals surface area contributed by atoms with Crippen molar-refractivity contribution in [2.45, 2.75) is 20.3 Å². The number of hydrogen-bond acceptors (Lipinski definition) is 4. The van der Waals surface area contributed by atoms with Gasteiger partial charge in [0.1, 0.15) is 0 Å². The Morgan fingerprint density at radius 3 is 2.35 bits per heavy atom. The van der Waals surface area contributed by atoms with Crippen LogP contribution < -0.4 is 11.1 Å². The smallest absolute Gasteiger partial charge is 0.309 e. The van der Waals surface area contributed by atoms with Gasteiger partial charge in [-0.2, -0.15) is 0 Å². The van der Waals surface area contributed by atoms with E-state index in [0.717, 1.165) is 11.8 Å². The Balaban J connectivity index is 3.72. The molecule has 0 rings (SSSR count). The second-order valence-corrected chi connectivity index (χ2v) is 5.23. The molecule has 0 aromatic rings. The number of nitrogens with one attached hydrogen (secondary N) is 1. The Hall–Kier alpha value is -1.24. The molecule has 0 aromatic carbocycles. The summed E-state index contributed by atoms with van der Waals surface area (Å²) in [6.07, 6.45) is 0.356. The Bertz CT molecular complexity index is 305. The van der Waals surface area contributed by atoms with Crippen LogP contribution in [0.25, 0.3) is 0 Å². The number of thioether (sulfide) groups is 1. The van der Waals surface area contributed by atoms with Gasteiger partial charge in [0, 0.05) is 6.54 Å². The highest BCUT2D eigenvalue weighted by atomic mass is 32.2. The highest BCUT2D eigenvalue weighted by Gasteiger charge is 2.26. The maximum atomic E-state index is 11.2. The fourth-order valence-electron chi connectivity index (χ4n) is 0.917. The minimum absolute atomic E-state index is 0.105. The van der Waals surface area contributed by atoms with E-state index in [0.29, 0.717) is 13.0 Å². The highest BCUT2D eigenvalue weighted by molar-refractivity contribution is 8.00. The van der Waals surface area contributed by atoms with Crippen molar-refractivity contribution in [3.63, 3.8) is 0 Å². The Labute approximate surface area is 104 Å². The van der Waals surface area contributed by atoms with E-state index in [1.807, 2.05) is 0 Å². The fraction of sp³-hybridized carbons (Fsp3) is 0.700. The van der Waals surface area contributed by atoms with Crippen LogP contribution >= 0.6 is 11.8 Å². The van der Waals surface area contributed by atoms with E-state index in [9.17, 15) is 14.4 Å². The summed E-state index contributed by atoms with van der Waals surface area (Å²) in [5, 5.41) is 11.4. The van der Waals surface area contributed by atoms with Crippen molar-refractivity contribution in [1.82, 2.24) is 5.32 Å². The lowest BCUT2D eigenvalue weighted by Gasteiger charge is -2.18. The third-order valence-electron chi connectivity index (χ3n) is 2.13. The molecule has 6 nitrogen and oxygen atoms in total. The van der Waals surface area contributed by atoms with Crippen LogP contribution in [0.15, 0.2) is 0 Å². The summed E-state index contributed by atoms with van der Waals surface area (Å²) in [6, 6.07) is 0. The van der Waals surface area contributed by atoms with E-state index >= 15 is 0 Å². The summed E-state index contributed by atoms with van der Waals surface area (Å²) in [5.74, 6) is -1.33. The molecular formula is C10H18N2O4S. The van der Waals surface area contributed by atoms with Crippen LogP contribution in [-0.4, -0.2) is 40.9 Å². The van der Waals surface area contributed by atoms with Gasteiger partial charge in [0.15, 0.2) is 0 Å². The summed E-state index contributed by atoms with van der Waals surface area (Å²) in [7, 11) is 0. The van der Waals surface area contributed by atoms with Gasteiger partial charge in [-0.25, -0.2) is 0 Å². The van der Waals surface area contributed by atoms with Crippen LogP contribution in [-0.2, 0) is 14.4 Å². The number of primary amides is 1. The average molecular weight is 262 g/mol. The molecular weight excluding hydrogens is 244 g/mol. The van der Waals surface area contributed by atoms with E-state index < -0.39 is 17.3 Å². The standard InChI is InChI=1S/C10H18N2O4S/c1-10(2,9(15)16)3-4-12-8(14)6-17-5-7(11)13/h3-6H2,1-2H3,(H2,11,13)(H,12,14)(H,15,16). The largest absolute Gasteiger partial charge is 0.481 e. The van der Waals surface area contributed by atoms with Crippen molar-refractivity contribution in [3.8, 4) is 0 Å². The van der Waals surface area contributed by atoms with Crippen LogP contribution in [0.2, 0.25) is 0 Å². The zero-order valence-electron chi connectivity index (χ0n) is 9.99. The first-order valence-electron chi connectivity index (χ1n) is 5.12. The number of carbonyl (C=O) groups is 3. The van der Waals surface area contributed by atoms with Crippen molar-refractivity contribution < 1.29 is 19.5 Å². The predicted octanol–water partition coefficient (Wildman–Crippen LogP) is -0.178. The lowest BCUT2D eigenvalue weighted by Crippen LogP contribution is -2.33. The SMILES string of the molecule is CC(C)(CCNC(=O)CSCC(N)=O)C(=O)O. The van der Waals surface area contributed by atoms with Gasteiger partial charge in [-0.15, -0.1) is 11.8 Å². The minimum Gasteiger partial charge on any atom is -0.481 e. The maximum Gasteiger partial charge on any atom is 0.309 e. The molecule has 0 aliphatic carbocycles. The molecule has 17 heavy (non-hydrogen) atoms. The molecule has 0 fully saturated rings. The van der Waals surface area contributed by atoms with Gasteiger partial charge in [0.2, 0.25) is 11.8 Å². The molecule has 4 N–H and O–H groups in total. The first-order valence-corrected chi connectivity index (χ1v) is 6.27. The van der Waals surface area contributed by atoms with E-state index in [2.05, 4.69) is 5.32 Å². The lowest BCUT2D eigenvalue weighted by atomic mass is 9.90. The van der Waals surface area contributed by atoms with Crippen LogP contribution in [0, 0.1) is 5.41 Å². The summed E-state index contributed by atoms with van der Waals surface area (Å²) < 4.78 is 0. The van der Waals surface area contributed by atoms with E-state index in [4.69, 9.17) is 10.8 Å². The van der Waals surface area contributed by atoms with Crippen molar-refractivity contribution in [3.05, 3.63) is 0 Å². The first-order chi connectivity index (χ1) is 7.75. The van der Waals surface area contributed by atoms with Crippen LogP contribution in [0.3, 0.4) is 0 Å². The van der Waals surface area contributed by atoms with Crippen LogP contribution in [0.4, 0.5) is 0 Å². The number of hydrogen-bond donors (Lipinski definition) is 3. The zero-order chi connectivity index (χ0) is 13.5. The van der Waals surface area contributed by atoms with Gasteiger partial charge in [-0.1, -0.05) is 0 Å². The number of carboxylic acid groups (broad SMARTS) is 1. The molecule has 2 amide bonds.